The molecule has 2 amide bonds. The van der Waals surface area contributed by atoms with Gasteiger partial charge >= 0.3 is 12.1 Å². The number of halogens is 4. The van der Waals surface area contributed by atoms with Gasteiger partial charge in [-0.2, -0.15) is 13.1 Å². The summed E-state index contributed by atoms with van der Waals surface area (Å²) in [7, 11) is -3.82. The van der Waals surface area contributed by atoms with Crippen LogP contribution in [0.3, 0.4) is 0 Å². The zero-order chi connectivity index (χ0) is 51.0. The van der Waals surface area contributed by atoms with Gasteiger partial charge in [-0.15, -0.1) is 0 Å². The largest absolute Gasteiger partial charge is 0.444 e. The van der Waals surface area contributed by atoms with Crippen LogP contribution >= 0.6 is 0 Å². The van der Waals surface area contributed by atoms with Crippen molar-refractivity contribution in [3.8, 4) is 16.9 Å². The molecule has 0 radical (unpaired) electrons. The van der Waals surface area contributed by atoms with E-state index in [1.54, 1.807) is 49.9 Å². The number of nitrogens with zero attached hydrogens (tertiary/aromatic N) is 3. The normalized spacial score (nSPS) is 14.2. The SMILES string of the molecule is CCCN(CCCNC(=O)OC(C)(C)C)C(=O)C1=Cc2ccc(-c3cccc(S(=O)(=O)N4CC(CCC(=O)CCOCCOCCOCCC(=O)Oc5c(F)c(F)cc(F)c5F)C4)c3)cc2N=C(N)C1. The van der Waals surface area contributed by atoms with Crippen LogP contribution in [0.5, 0.6) is 5.75 Å². The van der Waals surface area contributed by atoms with E-state index in [0.29, 0.717) is 60.4 Å². The van der Waals surface area contributed by atoms with Crippen molar-refractivity contribution in [1.82, 2.24) is 14.5 Å². The fourth-order valence-electron chi connectivity index (χ4n) is 7.34. The van der Waals surface area contributed by atoms with E-state index in [-0.39, 0.29) is 106 Å². The number of rotatable bonds is 26. The number of benzene rings is 3. The van der Waals surface area contributed by atoms with Crippen LogP contribution in [0.25, 0.3) is 17.2 Å². The molecule has 3 aromatic rings. The molecule has 0 aromatic heterocycles. The van der Waals surface area contributed by atoms with Gasteiger partial charge in [-0.05, 0) is 81.4 Å². The molecule has 0 saturated carbocycles. The zero-order valence-corrected chi connectivity index (χ0v) is 40.6. The van der Waals surface area contributed by atoms with E-state index < -0.39 is 63.1 Å². The number of carbonyl (C=O) groups is 4. The average Bonchev–Trinajstić information content (AvgIpc) is 3.46. The number of Topliss-reactive ketones (excluding diaryl/α,β-unsaturated/α-hetero) is 1. The molecule has 70 heavy (non-hydrogen) atoms. The Hall–Kier alpha value is -5.74. The Balaban J connectivity index is 0.990. The van der Waals surface area contributed by atoms with Crippen LogP contribution in [0.2, 0.25) is 0 Å². The molecule has 5 rings (SSSR count). The number of sulfonamides is 1. The van der Waals surface area contributed by atoms with Gasteiger partial charge in [-0.1, -0.05) is 31.2 Å². The third-order valence-corrected chi connectivity index (χ3v) is 12.7. The second-order valence-corrected chi connectivity index (χ2v) is 19.6. The first kappa shape index (κ1) is 55.2. The van der Waals surface area contributed by atoms with Crippen LogP contribution in [-0.2, 0) is 43.4 Å². The number of amides is 2. The molecule has 0 atom stereocenters. The van der Waals surface area contributed by atoms with Crippen molar-refractivity contribution in [3.05, 3.63) is 82.9 Å². The second kappa shape index (κ2) is 25.9. The maximum Gasteiger partial charge on any atom is 0.407 e. The molecule has 21 heteroatoms. The van der Waals surface area contributed by atoms with Crippen LogP contribution in [0.4, 0.5) is 28.0 Å². The number of carbonyl (C=O) groups excluding carboxylic acids is 4. The van der Waals surface area contributed by atoms with Gasteiger partial charge in [-0.3, -0.25) is 14.4 Å². The summed E-state index contributed by atoms with van der Waals surface area (Å²) < 4.78 is 108. The minimum Gasteiger partial charge on any atom is -0.444 e. The number of hydrogen-bond donors (Lipinski definition) is 2. The first-order chi connectivity index (χ1) is 33.2. The Morgan fingerprint density at radius 3 is 2.14 bits per heavy atom. The van der Waals surface area contributed by atoms with E-state index in [1.165, 1.54) is 4.31 Å². The fraction of sp³-hybridized carbons (Fsp3) is 0.490. The van der Waals surface area contributed by atoms with E-state index in [0.717, 1.165) is 6.42 Å². The Bertz CT molecular complexity index is 2490. The van der Waals surface area contributed by atoms with Crippen molar-refractivity contribution in [2.45, 2.75) is 83.1 Å². The van der Waals surface area contributed by atoms with Gasteiger partial charge < -0.3 is 39.6 Å². The Morgan fingerprint density at radius 2 is 1.49 bits per heavy atom. The molecule has 1 fully saturated rings. The Kier molecular flexibility index (Phi) is 20.4. The predicted octanol–water partition coefficient (Wildman–Crippen LogP) is 7.24. The molecule has 2 aliphatic heterocycles. The van der Waals surface area contributed by atoms with Gasteiger partial charge in [0.25, 0.3) is 0 Å². The quantitative estimate of drug-likeness (QED) is 0.0269. The zero-order valence-electron chi connectivity index (χ0n) is 39.8. The van der Waals surface area contributed by atoms with E-state index >= 15 is 0 Å². The number of ketones is 1. The lowest BCUT2D eigenvalue weighted by Crippen LogP contribution is -2.49. The molecule has 3 aromatic carbocycles. The highest BCUT2D eigenvalue weighted by Crippen LogP contribution is 2.35. The standard InChI is InChI=1S/C49H61F4N5O11S/c1-5-17-57(18-7-16-55-48(62)69-49(2,3)4)47(61)36-25-35-12-11-34(27-41(35)56-42(54)28-36)33-8-6-9-38(26-33)70(63,64)58-30-32(31-58)10-13-37(59)14-19-65-21-23-67-24-22-66-20-15-43(60)68-46-44(52)39(50)29-40(51)45(46)53/h6,8-9,11-12,25-27,29,32H,5,7,10,13-24,28,30-31H2,1-4H3,(H2,54,56)(H,55,62). The minimum atomic E-state index is -3.82. The van der Waals surface area contributed by atoms with Gasteiger partial charge in [0.15, 0.2) is 11.6 Å². The average molecular weight is 1000 g/mol. The van der Waals surface area contributed by atoms with E-state index in [4.69, 9.17) is 24.7 Å². The highest BCUT2D eigenvalue weighted by molar-refractivity contribution is 7.89. The van der Waals surface area contributed by atoms with Crippen molar-refractivity contribution in [3.63, 3.8) is 0 Å². The summed E-state index contributed by atoms with van der Waals surface area (Å²) in [5, 5.41) is 2.73. The van der Waals surface area contributed by atoms with Crippen molar-refractivity contribution in [1.29, 1.82) is 0 Å². The fourth-order valence-corrected chi connectivity index (χ4v) is 8.97. The number of nitrogens with one attached hydrogen (secondary N) is 1. The van der Waals surface area contributed by atoms with Gasteiger partial charge in [-0.25, -0.2) is 27.0 Å². The maximum atomic E-state index is 13.8. The molecule has 16 nitrogen and oxygen atoms in total. The van der Waals surface area contributed by atoms with Gasteiger partial charge in [0, 0.05) is 69.2 Å². The molecule has 2 aliphatic rings. The highest BCUT2D eigenvalue weighted by Gasteiger charge is 2.37. The molecule has 0 spiro atoms. The summed E-state index contributed by atoms with van der Waals surface area (Å²) in [5.74, 6) is -9.56. The lowest BCUT2D eigenvalue weighted by molar-refractivity contribution is -0.136. The number of amidine groups is 1. The number of nitrogens with two attached hydrogens (primary N) is 1. The summed E-state index contributed by atoms with van der Waals surface area (Å²) in [4.78, 5) is 56.6. The van der Waals surface area contributed by atoms with E-state index in [1.807, 2.05) is 31.2 Å². The van der Waals surface area contributed by atoms with Crippen LogP contribution in [0.1, 0.15) is 78.2 Å². The summed E-state index contributed by atoms with van der Waals surface area (Å²) in [6.07, 6.45) is 3.24. The summed E-state index contributed by atoms with van der Waals surface area (Å²) in [6, 6.07) is 12.1. The molecule has 0 aliphatic carbocycles. The molecule has 0 unspecified atom stereocenters. The maximum absolute atomic E-state index is 13.8. The molecule has 2 heterocycles. The third kappa shape index (κ3) is 16.4. The molecule has 382 valence electrons. The topological polar surface area (TPSA) is 205 Å². The number of ether oxygens (including phenoxy) is 5. The Morgan fingerprint density at radius 1 is 0.843 bits per heavy atom. The number of alkyl carbamates (subject to hydrolysis) is 1. The summed E-state index contributed by atoms with van der Waals surface area (Å²) in [6.45, 7) is 9.75. The van der Waals surface area contributed by atoms with Crippen molar-refractivity contribution < 1.29 is 68.8 Å². The first-order valence-corrected chi connectivity index (χ1v) is 24.5. The lowest BCUT2D eigenvalue weighted by atomic mass is 9.95. The van der Waals surface area contributed by atoms with E-state index in [2.05, 4.69) is 15.0 Å². The molecular formula is C49H61F4N5O11S. The second-order valence-electron chi connectivity index (χ2n) is 17.7. The van der Waals surface area contributed by atoms with Crippen LogP contribution < -0.4 is 15.8 Å². The lowest BCUT2D eigenvalue weighted by Gasteiger charge is -2.38. The number of fused-ring (bicyclic) bond motifs is 1. The third-order valence-electron chi connectivity index (χ3n) is 10.9. The van der Waals surface area contributed by atoms with Gasteiger partial charge in [0.05, 0.1) is 56.6 Å². The minimum absolute atomic E-state index is 0.000311. The smallest absolute Gasteiger partial charge is 0.407 e. The van der Waals surface area contributed by atoms with Crippen LogP contribution in [0.15, 0.2) is 64.0 Å². The van der Waals surface area contributed by atoms with Crippen LogP contribution in [0, 0.1) is 29.2 Å². The predicted molar refractivity (Wildman–Crippen MR) is 252 cm³/mol. The molecule has 0 bridgehead atoms. The molecule has 1 saturated heterocycles. The summed E-state index contributed by atoms with van der Waals surface area (Å²) >= 11 is 0. The number of hydrogen-bond acceptors (Lipinski definition) is 13. The molecule has 3 N–H and O–H groups in total. The van der Waals surface area contributed by atoms with Crippen molar-refractivity contribution in [2.75, 3.05) is 72.4 Å². The first-order valence-electron chi connectivity index (χ1n) is 23.1. The number of aliphatic imine (C=N–C) groups is 1. The summed E-state index contributed by atoms with van der Waals surface area (Å²) in [5.41, 5.74) is 8.81. The number of esters is 1. The van der Waals surface area contributed by atoms with Crippen molar-refractivity contribution in [2.24, 2.45) is 16.6 Å². The van der Waals surface area contributed by atoms with E-state index in [9.17, 15) is 45.2 Å². The van der Waals surface area contributed by atoms with Gasteiger partial charge in [0.1, 0.15) is 17.2 Å². The van der Waals surface area contributed by atoms with Crippen molar-refractivity contribution >= 4 is 51.4 Å². The Labute approximate surface area is 405 Å². The molecular weight excluding hydrogens is 943 g/mol. The van der Waals surface area contributed by atoms with Gasteiger partial charge in [0.2, 0.25) is 33.3 Å². The highest BCUT2D eigenvalue weighted by atomic mass is 32.2. The monoisotopic (exact) mass is 1000 g/mol. The van der Waals surface area contributed by atoms with Crippen LogP contribution in [-0.4, -0.2) is 125 Å².